The van der Waals surface area contributed by atoms with Crippen molar-refractivity contribution in [3.63, 3.8) is 0 Å². The summed E-state index contributed by atoms with van der Waals surface area (Å²) in [4.78, 5) is 12.8. The number of nitrogens with zero attached hydrogens (tertiary/aromatic N) is 1. The summed E-state index contributed by atoms with van der Waals surface area (Å²) in [6, 6.07) is 8.94. The largest absolute Gasteiger partial charge is 0.480 e. The van der Waals surface area contributed by atoms with Gasteiger partial charge in [-0.3, -0.25) is 9.69 Å². The van der Waals surface area contributed by atoms with Gasteiger partial charge in [-0.25, -0.2) is 0 Å². The molecule has 1 aliphatic heterocycles. The zero-order chi connectivity index (χ0) is 11.5. The Morgan fingerprint density at radius 3 is 2.69 bits per heavy atom. The first-order chi connectivity index (χ1) is 7.68. The van der Waals surface area contributed by atoms with Crippen LogP contribution < -0.4 is 0 Å². The molecule has 0 spiro atoms. The van der Waals surface area contributed by atoms with Gasteiger partial charge in [0.2, 0.25) is 0 Å². The van der Waals surface area contributed by atoms with Gasteiger partial charge >= 0.3 is 5.97 Å². The monoisotopic (exact) mass is 221 g/mol. The Morgan fingerprint density at radius 2 is 2.06 bits per heavy atom. The van der Waals surface area contributed by atoms with E-state index in [4.69, 9.17) is 5.11 Å². The second kappa shape index (κ2) is 4.63. The number of aliphatic hydroxyl groups is 1. The Balaban J connectivity index is 2.07. The van der Waals surface area contributed by atoms with Crippen molar-refractivity contribution in [2.75, 3.05) is 6.54 Å². The molecule has 0 radical (unpaired) electrons. The zero-order valence-electron chi connectivity index (χ0n) is 8.91. The van der Waals surface area contributed by atoms with Crippen molar-refractivity contribution in [1.29, 1.82) is 0 Å². The van der Waals surface area contributed by atoms with Gasteiger partial charge in [-0.05, 0) is 12.0 Å². The van der Waals surface area contributed by atoms with Crippen LogP contribution in [0.3, 0.4) is 0 Å². The lowest BCUT2D eigenvalue weighted by Gasteiger charge is -2.22. The van der Waals surface area contributed by atoms with Gasteiger partial charge in [-0.1, -0.05) is 30.3 Å². The molecular weight excluding hydrogens is 206 g/mol. The molecule has 0 amide bonds. The Labute approximate surface area is 94.1 Å². The van der Waals surface area contributed by atoms with Crippen LogP contribution in [0, 0.1) is 0 Å². The summed E-state index contributed by atoms with van der Waals surface area (Å²) in [6.45, 7) is 1.21. The number of aliphatic hydroxyl groups excluding tert-OH is 1. The lowest BCUT2D eigenvalue weighted by molar-refractivity contribution is -0.145. The zero-order valence-corrected chi connectivity index (χ0v) is 8.91. The van der Waals surface area contributed by atoms with Crippen molar-refractivity contribution in [2.45, 2.75) is 25.1 Å². The van der Waals surface area contributed by atoms with E-state index in [0.29, 0.717) is 19.5 Å². The van der Waals surface area contributed by atoms with E-state index in [0.717, 1.165) is 5.56 Å². The summed E-state index contributed by atoms with van der Waals surface area (Å²) in [6.07, 6.45) is -0.217. The van der Waals surface area contributed by atoms with E-state index in [1.54, 1.807) is 0 Å². The quantitative estimate of drug-likeness (QED) is 0.789. The van der Waals surface area contributed by atoms with Crippen LogP contribution in [-0.2, 0) is 11.3 Å². The minimum atomic E-state index is -0.944. The third-order valence-electron chi connectivity index (χ3n) is 2.95. The maximum atomic E-state index is 11.0. The van der Waals surface area contributed by atoms with Crippen LogP contribution in [-0.4, -0.2) is 39.8 Å². The number of benzene rings is 1. The number of rotatable bonds is 3. The number of hydrogen-bond acceptors (Lipinski definition) is 3. The number of aliphatic carboxylic acids is 1. The molecule has 2 atom stereocenters. The van der Waals surface area contributed by atoms with E-state index in [-0.39, 0.29) is 0 Å². The van der Waals surface area contributed by atoms with E-state index in [2.05, 4.69) is 0 Å². The molecule has 2 N–H and O–H groups in total. The number of carbonyl (C=O) groups is 1. The van der Waals surface area contributed by atoms with Crippen molar-refractivity contribution in [1.82, 2.24) is 4.90 Å². The Hall–Kier alpha value is -1.39. The lowest BCUT2D eigenvalue weighted by Crippen LogP contribution is -2.41. The molecule has 0 aliphatic carbocycles. The van der Waals surface area contributed by atoms with Crippen LogP contribution in [0.25, 0.3) is 0 Å². The first-order valence-electron chi connectivity index (χ1n) is 5.37. The number of carboxylic acid groups (broad SMARTS) is 1. The van der Waals surface area contributed by atoms with Gasteiger partial charge in [-0.2, -0.15) is 0 Å². The van der Waals surface area contributed by atoms with Crippen molar-refractivity contribution < 1.29 is 15.0 Å². The van der Waals surface area contributed by atoms with Gasteiger partial charge in [0.15, 0.2) is 0 Å². The lowest BCUT2D eigenvalue weighted by atomic mass is 10.1. The van der Waals surface area contributed by atoms with Gasteiger partial charge in [0, 0.05) is 13.1 Å². The first-order valence-corrected chi connectivity index (χ1v) is 5.37. The van der Waals surface area contributed by atoms with E-state index < -0.39 is 18.1 Å². The average Bonchev–Trinajstić information content (AvgIpc) is 2.61. The number of hydrogen-bond donors (Lipinski definition) is 2. The summed E-state index contributed by atoms with van der Waals surface area (Å²) >= 11 is 0. The van der Waals surface area contributed by atoms with Gasteiger partial charge in [0.05, 0.1) is 6.10 Å². The van der Waals surface area contributed by atoms with Crippen LogP contribution in [0.4, 0.5) is 0 Å². The molecule has 1 heterocycles. The highest BCUT2D eigenvalue weighted by Gasteiger charge is 2.37. The summed E-state index contributed by atoms with van der Waals surface area (Å²) in [7, 11) is 0. The number of likely N-dealkylation sites (tertiary alicyclic amines) is 1. The molecule has 2 rings (SSSR count). The smallest absolute Gasteiger partial charge is 0.323 e. The highest BCUT2D eigenvalue weighted by Crippen LogP contribution is 2.20. The predicted octanol–water partition coefficient (Wildman–Crippen LogP) is 0.706. The van der Waals surface area contributed by atoms with E-state index in [1.165, 1.54) is 0 Å². The van der Waals surface area contributed by atoms with Crippen molar-refractivity contribution in [2.24, 2.45) is 0 Å². The maximum Gasteiger partial charge on any atom is 0.323 e. The average molecular weight is 221 g/mol. The van der Waals surface area contributed by atoms with Gasteiger partial charge < -0.3 is 10.2 Å². The summed E-state index contributed by atoms with van der Waals surface area (Å²) in [5, 5.41) is 18.6. The Morgan fingerprint density at radius 1 is 1.38 bits per heavy atom. The van der Waals surface area contributed by atoms with Crippen molar-refractivity contribution in [3.8, 4) is 0 Å². The first kappa shape index (κ1) is 11.1. The van der Waals surface area contributed by atoms with Crippen LogP contribution in [0.15, 0.2) is 30.3 Å². The van der Waals surface area contributed by atoms with Crippen LogP contribution >= 0.6 is 0 Å². The maximum absolute atomic E-state index is 11.0. The molecule has 0 bridgehead atoms. The van der Waals surface area contributed by atoms with Crippen molar-refractivity contribution >= 4 is 5.97 Å². The van der Waals surface area contributed by atoms with Gasteiger partial charge in [-0.15, -0.1) is 0 Å². The minimum absolute atomic E-state index is 0.532. The highest BCUT2D eigenvalue weighted by atomic mass is 16.4. The molecule has 4 heteroatoms. The third-order valence-corrected chi connectivity index (χ3v) is 2.95. The molecule has 86 valence electrons. The van der Waals surface area contributed by atoms with Gasteiger partial charge in [0.1, 0.15) is 6.04 Å². The second-order valence-corrected chi connectivity index (χ2v) is 4.10. The molecule has 2 unspecified atom stereocenters. The molecular formula is C12H15NO3. The molecule has 1 aliphatic rings. The standard InChI is InChI=1S/C12H15NO3/c14-10-6-7-13(11(10)12(15)16)8-9-4-2-1-3-5-9/h1-5,10-11,14H,6-8H2,(H,15,16). The summed E-state index contributed by atoms with van der Waals surface area (Å²) in [5.41, 5.74) is 1.07. The third kappa shape index (κ3) is 2.23. The van der Waals surface area contributed by atoms with E-state index in [1.807, 2.05) is 35.2 Å². The van der Waals surface area contributed by atoms with Gasteiger partial charge in [0.25, 0.3) is 0 Å². The van der Waals surface area contributed by atoms with Crippen LogP contribution in [0.1, 0.15) is 12.0 Å². The molecule has 0 saturated carbocycles. The molecule has 4 nitrogen and oxygen atoms in total. The predicted molar refractivity (Wildman–Crippen MR) is 58.9 cm³/mol. The molecule has 1 fully saturated rings. The highest BCUT2D eigenvalue weighted by molar-refractivity contribution is 5.74. The fourth-order valence-corrected chi connectivity index (χ4v) is 2.15. The van der Waals surface area contributed by atoms with Crippen LogP contribution in [0.5, 0.6) is 0 Å². The van der Waals surface area contributed by atoms with E-state index >= 15 is 0 Å². The summed E-state index contributed by atoms with van der Waals surface area (Å²) in [5.74, 6) is -0.944. The normalized spacial score (nSPS) is 25.8. The van der Waals surface area contributed by atoms with Crippen LogP contribution in [0.2, 0.25) is 0 Å². The van der Waals surface area contributed by atoms with E-state index in [9.17, 15) is 9.90 Å². The minimum Gasteiger partial charge on any atom is -0.480 e. The Kier molecular flexibility index (Phi) is 3.22. The molecule has 1 saturated heterocycles. The Bertz CT molecular complexity index is 366. The molecule has 0 aromatic heterocycles. The fraction of sp³-hybridized carbons (Fsp3) is 0.417. The SMILES string of the molecule is O=C(O)C1C(O)CCN1Cc1ccccc1. The van der Waals surface area contributed by atoms with Crippen molar-refractivity contribution in [3.05, 3.63) is 35.9 Å². The molecule has 16 heavy (non-hydrogen) atoms. The molecule has 1 aromatic carbocycles. The molecule has 1 aromatic rings. The second-order valence-electron chi connectivity index (χ2n) is 4.10. The summed E-state index contributed by atoms with van der Waals surface area (Å²) < 4.78 is 0. The fourth-order valence-electron chi connectivity index (χ4n) is 2.15. The topological polar surface area (TPSA) is 60.8 Å². The number of carboxylic acids is 1.